The Morgan fingerprint density at radius 3 is 2.81 bits per heavy atom. The van der Waals surface area contributed by atoms with E-state index in [4.69, 9.17) is 9.40 Å². The predicted octanol–water partition coefficient (Wildman–Crippen LogP) is 3.91. The molecule has 1 N–H and O–H groups in total. The van der Waals surface area contributed by atoms with Gasteiger partial charge >= 0.3 is 0 Å². The Morgan fingerprint density at radius 1 is 1.33 bits per heavy atom. The number of rotatable bonds is 4. The van der Waals surface area contributed by atoms with Crippen LogP contribution in [-0.4, -0.2) is 11.5 Å². The first-order chi connectivity index (χ1) is 10.3. The summed E-state index contributed by atoms with van der Waals surface area (Å²) in [6.45, 7) is 2.92. The molecule has 1 aliphatic carbocycles. The minimum Gasteiger partial charge on any atom is -0.463 e. The van der Waals surface area contributed by atoms with Crippen molar-refractivity contribution in [3.05, 3.63) is 35.1 Å². The van der Waals surface area contributed by atoms with Gasteiger partial charge in [0.15, 0.2) is 5.76 Å². The summed E-state index contributed by atoms with van der Waals surface area (Å²) in [6.07, 6.45) is 6.88. The topological polar surface area (TPSA) is 61.9 Å². The number of furan rings is 1. The van der Waals surface area contributed by atoms with Gasteiger partial charge in [0.2, 0.25) is 0 Å². The molecule has 0 unspecified atom stereocenters. The Balaban J connectivity index is 2.18. The quantitative estimate of drug-likeness (QED) is 0.922. The number of anilines is 1. The van der Waals surface area contributed by atoms with E-state index in [2.05, 4.69) is 18.3 Å². The molecule has 4 nitrogen and oxygen atoms in total. The van der Waals surface area contributed by atoms with E-state index in [9.17, 15) is 5.26 Å². The van der Waals surface area contributed by atoms with Crippen LogP contribution in [0.5, 0.6) is 0 Å². The zero-order valence-corrected chi connectivity index (χ0v) is 12.3. The average Bonchev–Trinajstić information content (AvgIpc) is 3.06. The van der Waals surface area contributed by atoms with E-state index in [1.165, 1.54) is 5.56 Å². The van der Waals surface area contributed by atoms with Crippen LogP contribution in [0.15, 0.2) is 22.8 Å². The van der Waals surface area contributed by atoms with Gasteiger partial charge in [-0.25, -0.2) is 4.98 Å². The summed E-state index contributed by atoms with van der Waals surface area (Å²) in [5.41, 5.74) is 3.96. The molecule has 108 valence electrons. The van der Waals surface area contributed by atoms with Gasteiger partial charge < -0.3 is 9.73 Å². The van der Waals surface area contributed by atoms with Crippen molar-refractivity contribution in [1.82, 2.24) is 4.98 Å². The van der Waals surface area contributed by atoms with Crippen LogP contribution in [0.2, 0.25) is 0 Å². The van der Waals surface area contributed by atoms with Gasteiger partial charge in [-0.05, 0) is 55.4 Å². The van der Waals surface area contributed by atoms with Crippen LogP contribution in [0.4, 0.5) is 5.82 Å². The zero-order chi connectivity index (χ0) is 14.7. The van der Waals surface area contributed by atoms with Crippen molar-refractivity contribution >= 4 is 5.82 Å². The molecule has 0 spiro atoms. The van der Waals surface area contributed by atoms with Gasteiger partial charge in [-0.1, -0.05) is 6.92 Å². The number of hydrogen-bond donors (Lipinski definition) is 1. The summed E-state index contributed by atoms with van der Waals surface area (Å²) in [5, 5.41) is 12.8. The van der Waals surface area contributed by atoms with E-state index >= 15 is 0 Å². The van der Waals surface area contributed by atoms with E-state index < -0.39 is 0 Å². The fourth-order valence-corrected chi connectivity index (χ4v) is 2.93. The molecular formula is C17H19N3O. The molecule has 2 heterocycles. The maximum absolute atomic E-state index is 9.54. The Bertz CT molecular complexity index is 668. The van der Waals surface area contributed by atoms with E-state index in [-0.39, 0.29) is 0 Å². The lowest BCUT2D eigenvalue weighted by molar-refractivity contribution is 0.577. The van der Waals surface area contributed by atoms with Crippen LogP contribution in [0.1, 0.15) is 42.9 Å². The van der Waals surface area contributed by atoms with Crippen LogP contribution >= 0.6 is 0 Å². The van der Waals surface area contributed by atoms with Gasteiger partial charge in [-0.3, -0.25) is 0 Å². The third-order valence-electron chi connectivity index (χ3n) is 3.92. The molecule has 0 radical (unpaired) electrons. The Hall–Kier alpha value is -2.28. The number of hydrogen-bond acceptors (Lipinski definition) is 4. The molecule has 0 atom stereocenters. The second-order valence-corrected chi connectivity index (χ2v) is 5.36. The molecule has 0 saturated carbocycles. The Morgan fingerprint density at radius 2 is 2.14 bits per heavy atom. The second kappa shape index (κ2) is 6.01. The highest BCUT2D eigenvalue weighted by Gasteiger charge is 2.23. The Labute approximate surface area is 124 Å². The number of pyridine rings is 1. The van der Waals surface area contributed by atoms with Gasteiger partial charge in [0.05, 0.1) is 11.8 Å². The Kier molecular flexibility index (Phi) is 3.92. The van der Waals surface area contributed by atoms with E-state index in [1.54, 1.807) is 6.26 Å². The molecule has 0 amide bonds. The van der Waals surface area contributed by atoms with Crippen LogP contribution in [0.25, 0.3) is 11.5 Å². The highest BCUT2D eigenvalue weighted by molar-refractivity contribution is 5.69. The van der Waals surface area contributed by atoms with E-state index in [1.807, 2.05) is 12.1 Å². The summed E-state index contributed by atoms with van der Waals surface area (Å²) < 4.78 is 5.55. The van der Waals surface area contributed by atoms with Crippen molar-refractivity contribution in [1.29, 1.82) is 5.26 Å². The van der Waals surface area contributed by atoms with Crippen molar-refractivity contribution in [3.63, 3.8) is 0 Å². The van der Waals surface area contributed by atoms with Crippen molar-refractivity contribution in [2.45, 2.75) is 39.0 Å². The molecule has 0 fully saturated rings. The molecule has 4 heteroatoms. The zero-order valence-electron chi connectivity index (χ0n) is 12.3. The van der Waals surface area contributed by atoms with Gasteiger partial charge in [-0.15, -0.1) is 0 Å². The largest absolute Gasteiger partial charge is 0.463 e. The first-order valence-electron chi connectivity index (χ1n) is 7.58. The monoisotopic (exact) mass is 281 g/mol. The number of nitrogens with one attached hydrogen (secondary N) is 1. The second-order valence-electron chi connectivity index (χ2n) is 5.36. The minimum atomic E-state index is 0.700. The summed E-state index contributed by atoms with van der Waals surface area (Å²) in [4.78, 5) is 4.71. The summed E-state index contributed by atoms with van der Waals surface area (Å²) in [7, 11) is 0. The molecule has 1 aliphatic rings. The molecule has 0 saturated heterocycles. The fourth-order valence-electron chi connectivity index (χ4n) is 2.93. The van der Waals surface area contributed by atoms with Crippen molar-refractivity contribution in [2.24, 2.45) is 0 Å². The molecule has 0 aliphatic heterocycles. The fraction of sp³-hybridized carbons (Fsp3) is 0.412. The molecule has 21 heavy (non-hydrogen) atoms. The molecule has 3 rings (SSSR count). The SMILES string of the molecule is CCCNc1nc(-c2ccco2)c2c(c1C#N)CCCC2. The van der Waals surface area contributed by atoms with Crippen LogP contribution in [0, 0.1) is 11.3 Å². The van der Waals surface area contributed by atoms with Gasteiger partial charge in [0, 0.05) is 6.54 Å². The van der Waals surface area contributed by atoms with Gasteiger partial charge in [-0.2, -0.15) is 5.26 Å². The smallest absolute Gasteiger partial charge is 0.152 e. The lowest BCUT2D eigenvalue weighted by Gasteiger charge is -2.21. The van der Waals surface area contributed by atoms with E-state index in [0.29, 0.717) is 11.4 Å². The van der Waals surface area contributed by atoms with Crippen LogP contribution in [0.3, 0.4) is 0 Å². The predicted molar refractivity (Wildman–Crippen MR) is 82.1 cm³/mol. The van der Waals surface area contributed by atoms with Gasteiger partial charge in [0.1, 0.15) is 17.6 Å². The molecule has 2 aromatic rings. The maximum Gasteiger partial charge on any atom is 0.152 e. The van der Waals surface area contributed by atoms with Crippen molar-refractivity contribution in [3.8, 4) is 17.5 Å². The maximum atomic E-state index is 9.54. The first kappa shape index (κ1) is 13.7. The standard InChI is InChI=1S/C17H19N3O/c1-2-9-19-17-14(11-18)12-6-3-4-7-13(12)16(20-17)15-8-5-10-21-15/h5,8,10H,2-4,6-7,9H2,1H3,(H,19,20). The molecular weight excluding hydrogens is 262 g/mol. The van der Waals surface area contributed by atoms with Crippen molar-refractivity contribution in [2.75, 3.05) is 11.9 Å². The number of aromatic nitrogens is 1. The normalized spacial score (nSPS) is 13.5. The third-order valence-corrected chi connectivity index (χ3v) is 3.92. The summed E-state index contributed by atoms with van der Waals surface area (Å²) >= 11 is 0. The lowest BCUT2D eigenvalue weighted by Crippen LogP contribution is -2.13. The number of nitriles is 1. The summed E-state index contributed by atoms with van der Waals surface area (Å²) in [5.74, 6) is 1.49. The summed E-state index contributed by atoms with van der Waals surface area (Å²) in [6, 6.07) is 6.17. The number of fused-ring (bicyclic) bond motifs is 1. The minimum absolute atomic E-state index is 0.700. The molecule has 0 bridgehead atoms. The molecule has 0 aromatic carbocycles. The number of nitrogens with zero attached hydrogens (tertiary/aromatic N) is 2. The third kappa shape index (κ3) is 2.52. The average molecular weight is 281 g/mol. The van der Waals surface area contributed by atoms with Crippen molar-refractivity contribution < 1.29 is 4.42 Å². The highest BCUT2D eigenvalue weighted by atomic mass is 16.3. The van der Waals surface area contributed by atoms with Crippen LogP contribution in [-0.2, 0) is 12.8 Å². The van der Waals surface area contributed by atoms with Crippen LogP contribution < -0.4 is 5.32 Å². The van der Waals surface area contributed by atoms with E-state index in [0.717, 1.165) is 55.7 Å². The molecule has 2 aromatic heterocycles. The van der Waals surface area contributed by atoms with Gasteiger partial charge in [0.25, 0.3) is 0 Å². The lowest BCUT2D eigenvalue weighted by atomic mass is 9.87. The first-order valence-corrected chi connectivity index (χ1v) is 7.58. The highest BCUT2D eigenvalue weighted by Crippen LogP contribution is 2.35.